The van der Waals surface area contributed by atoms with Crippen molar-refractivity contribution in [1.29, 1.82) is 0 Å². The maximum Gasteiger partial charge on any atom is 0.224 e. The van der Waals surface area contributed by atoms with E-state index in [9.17, 15) is 4.79 Å². The van der Waals surface area contributed by atoms with Gasteiger partial charge in [0.2, 0.25) is 11.8 Å². The number of oxazole rings is 1. The van der Waals surface area contributed by atoms with Crippen LogP contribution in [0.2, 0.25) is 0 Å². The Hall–Kier alpha value is -2.21. The van der Waals surface area contributed by atoms with E-state index in [4.69, 9.17) is 22.4 Å². The van der Waals surface area contributed by atoms with Gasteiger partial charge in [0.15, 0.2) is 0 Å². The molecule has 0 radical (unpaired) electrons. The van der Waals surface area contributed by atoms with Gasteiger partial charge in [-0.25, -0.2) is 4.98 Å². The quantitative estimate of drug-likeness (QED) is 0.794. The lowest BCUT2D eigenvalue weighted by Gasteiger charge is -2.04. The topological polar surface area (TPSA) is 81.2 Å². The Kier molecular flexibility index (Phi) is 5.05. The van der Waals surface area contributed by atoms with Gasteiger partial charge in [0.1, 0.15) is 10.7 Å². The van der Waals surface area contributed by atoms with Crippen molar-refractivity contribution in [1.82, 2.24) is 10.3 Å². The molecule has 0 aliphatic heterocycles. The van der Waals surface area contributed by atoms with Gasteiger partial charge in [-0.3, -0.25) is 4.79 Å². The first kappa shape index (κ1) is 15.2. The molecular formula is C15H17N3O2S. The van der Waals surface area contributed by atoms with Crippen molar-refractivity contribution in [3.05, 3.63) is 53.2 Å². The van der Waals surface area contributed by atoms with Crippen LogP contribution < -0.4 is 11.1 Å². The van der Waals surface area contributed by atoms with Crippen LogP contribution in [0, 0.1) is 0 Å². The summed E-state index contributed by atoms with van der Waals surface area (Å²) in [7, 11) is 0. The van der Waals surface area contributed by atoms with Crippen LogP contribution in [0.4, 0.5) is 0 Å². The number of carbonyl (C=O) groups is 1. The number of thiocarbonyl (C=S) groups is 1. The number of amides is 1. The SMILES string of the molecule is CCc1cnc(CNC(=O)Cc2ccc(C(N)=S)cc2)o1. The van der Waals surface area contributed by atoms with Crippen molar-refractivity contribution >= 4 is 23.1 Å². The van der Waals surface area contributed by atoms with Crippen LogP contribution in [-0.2, 0) is 24.2 Å². The molecule has 21 heavy (non-hydrogen) atoms. The number of hydrogen-bond acceptors (Lipinski definition) is 4. The highest BCUT2D eigenvalue weighted by atomic mass is 32.1. The normalized spacial score (nSPS) is 10.3. The van der Waals surface area contributed by atoms with Gasteiger partial charge in [0, 0.05) is 12.0 Å². The highest BCUT2D eigenvalue weighted by Gasteiger charge is 2.07. The molecule has 1 aromatic carbocycles. The monoisotopic (exact) mass is 303 g/mol. The molecule has 0 bridgehead atoms. The molecule has 110 valence electrons. The average molecular weight is 303 g/mol. The smallest absolute Gasteiger partial charge is 0.224 e. The van der Waals surface area contributed by atoms with E-state index in [0.29, 0.717) is 23.8 Å². The largest absolute Gasteiger partial charge is 0.444 e. The molecule has 2 aromatic rings. The number of nitrogens with zero attached hydrogens (tertiary/aromatic N) is 1. The van der Waals surface area contributed by atoms with Gasteiger partial charge in [-0.1, -0.05) is 43.4 Å². The van der Waals surface area contributed by atoms with Crippen LogP contribution in [0.25, 0.3) is 0 Å². The fourth-order valence-corrected chi connectivity index (χ4v) is 1.94. The molecule has 0 aliphatic carbocycles. The molecule has 2 rings (SSSR count). The van der Waals surface area contributed by atoms with E-state index in [1.54, 1.807) is 6.20 Å². The van der Waals surface area contributed by atoms with Crippen molar-refractivity contribution in [2.45, 2.75) is 26.3 Å². The molecule has 0 aliphatic rings. The fourth-order valence-electron chi connectivity index (χ4n) is 1.80. The number of carbonyl (C=O) groups excluding carboxylic acids is 1. The Morgan fingerprint density at radius 2 is 2.10 bits per heavy atom. The summed E-state index contributed by atoms with van der Waals surface area (Å²) in [6.45, 7) is 2.28. The standard InChI is InChI=1S/C15H17N3O2S/c1-2-12-8-18-14(20-12)9-17-13(19)7-10-3-5-11(6-4-10)15(16)21/h3-6,8H,2,7,9H2,1H3,(H2,16,21)(H,17,19). The average Bonchev–Trinajstić information content (AvgIpc) is 2.94. The van der Waals surface area contributed by atoms with Crippen LogP contribution in [0.15, 0.2) is 34.9 Å². The lowest BCUT2D eigenvalue weighted by Crippen LogP contribution is -2.24. The second kappa shape index (κ2) is 6.99. The Morgan fingerprint density at radius 1 is 1.38 bits per heavy atom. The van der Waals surface area contributed by atoms with Crippen LogP contribution in [0.5, 0.6) is 0 Å². The lowest BCUT2D eigenvalue weighted by atomic mass is 10.1. The van der Waals surface area contributed by atoms with Gasteiger partial charge < -0.3 is 15.5 Å². The summed E-state index contributed by atoms with van der Waals surface area (Å²) in [4.78, 5) is 16.3. The van der Waals surface area contributed by atoms with Crippen molar-refractivity contribution in [3.8, 4) is 0 Å². The van der Waals surface area contributed by atoms with Crippen LogP contribution in [0.3, 0.4) is 0 Å². The molecule has 0 saturated heterocycles. The van der Waals surface area contributed by atoms with E-state index in [-0.39, 0.29) is 5.91 Å². The van der Waals surface area contributed by atoms with Crippen molar-refractivity contribution < 1.29 is 9.21 Å². The molecule has 0 unspecified atom stereocenters. The minimum Gasteiger partial charge on any atom is -0.444 e. The van der Waals surface area contributed by atoms with Crippen LogP contribution in [0.1, 0.15) is 29.7 Å². The zero-order valence-corrected chi connectivity index (χ0v) is 12.6. The first-order valence-corrected chi connectivity index (χ1v) is 7.08. The Balaban J connectivity index is 1.85. The molecule has 1 amide bonds. The highest BCUT2D eigenvalue weighted by Crippen LogP contribution is 2.06. The second-order valence-corrected chi connectivity index (χ2v) is 5.03. The molecule has 0 atom stereocenters. The van der Waals surface area contributed by atoms with Gasteiger partial charge >= 0.3 is 0 Å². The summed E-state index contributed by atoms with van der Waals surface area (Å²) >= 11 is 4.88. The first-order valence-electron chi connectivity index (χ1n) is 6.67. The predicted octanol–water partition coefficient (Wildman–Crippen LogP) is 1.73. The minimum absolute atomic E-state index is 0.0886. The van der Waals surface area contributed by atoms with Gasteiger partial charge in [0.05, 0.1) is 19.2 Å². The van der Waals surface area contributed by atoms with Gasteiger partial charge in [-0.15, -0.1) is 0 Å². The number of rotatable bonds is 6. The molecule has 1 heterocycles. The Labute approximate surface area is 128 Å². The summed E-state index contributed by atoms with van der Waals surface area (Å²) in [5.41, 5.74) is 7.22. The first-order chi connectivity index (χ1) is 10.1. The van der Waals surface area contributed by atoms with Gasteiger partial charge in [-0.2, -0.15) is 0 Å². The van der Waals surface area contributed by atoms with E-state index >= 15 is 0 Å². The van der Waals surface area contributed by atoms with Crippen LogP contribution in [-0.4, -0.2) is 15.9 Å². The maximum absolute atomic E-state index is 11.8. The molecule has 3 N–H and O–H groups in total. The zero-order valence-electron chi connectivity index (χ0n) is 11.8. The third-order valence-corrected chi connectivity index (χ3v) is 3.23. The molecule has 0 fully saturated rings. The lowest BCUT2D eigenvalue weighted by molar-refractivity contribution is -0.120. The molecular weight excluding hydrogens is 286 g/mol. The van der Waals surface area contributed by atoms with E-state index < -0.39 is 0 Å². The summed E-state index contributed by atoms with van der Waals surface area (Å²) in [6, 6.07) is 7.31. The highest BCUT2D eigenvalue weighted by molar-refractivity contribution is 7.80. The van der Waals surface area contributed by atoms with E-state index in [2.05, 4.69) is 10.3 Å². The van der Waals surface area contributed by atoms with E-state index in [1.165, 1.54) is 0 Å². The van der Waals surface area contributed by atoms with Crippen LogP contribution >= 0.6 is 12.2 Å². The number of hydrogen-bond donors (Lipinski definition) is 2. The molecule has 6 heteroatoms. The molecule has 5 nitrogen and oxygen atoms in total. The molecule has 0 saturated carbocycles. The Morgan fingerprint density at radius 3 is 2.67 bits per heavy atom. The minimum atomic E-state index is -0.0886. The summed E-state index contributed by atoms with van der Waals surface area (Å²) in [6.07, 6.45) is 2.76. The van der Waals surface area contributed by atoms with Crippen molar-refractivity contribution in [2.75, 3.05) is 0 Å². The van der Waals surface area contributed by atoms with Crippen molar-refractivity contribution in [3.63, 3.8) is 0 Å². The van der Waals surface area contributed by atoms with Crippen molar-refractivity contribution in [2.24, 2.45) is 5.73 Å². The number of nitrogens with two attached hydrogens (primary N) is 1. The number of benzene rings is 1. The van der Waals surface area contributed by atoms with Gasteiger partial charge in [0.25, 0.3) is 0 Å². The summed E-state index contributed by atoms with van der Waals surface area (Å²) in [5.74, 6) is 1.24. The molecule has 1 aromatic heterocycles. The number of aryl methyl sites for hydroxylation is 1. The van der Waals surface area contributed by atoms with Gasteiger partial charge in [-0.05, 0) is 5.56 Å². The fraction of sp³-hybridized carbons (Fsp3) is 0.267. The van der Waals surface area contributed by atoms with E-state index in [0.717, 1.165) is 23.3 Å². The third-order valence-electron chi connectivity index (χ3n) is 2.99. The zero-order chi connectivity index (χ0) is 15.2. The predicted molar refractivity (Wildman–Crippen MR) is 83.8 cm³/mol. The maximum atomic E-state index is 11.8. The number of nitrogens with one attached hydrogen (secondary N) is 1. The third kappa shape index (κ3) is 4.39. The summed E-state index contributed by atoms with van der Waals surface area (Å²) in [5, 5.41) is 2.78. The Bertz CT molecular complexity index is 635. The number of aromatic nitrogens is 1. The second-order valence-electron chi connectivity index (χ2n) is 4.59. The molecule has 0 spiro atoms. The van der Waals surface area contributed by atoms with E-state index in [1.807, 2.05) is 31.2 Å². The summed E-state index contributed by atoms with van der Waals surface area (Å²) < 4.78 is 5.42.